The monoisotopic (exact) mass is 292 g/mol. The van der Waals surface area contributed by atoms with E-state index in [1.807, 2.05) is 0 Å². The van der Waals surface area contributed by atoms with Crippen LogP contribution >= 0.6 is 0 Å². The van der Waals surface area contributed by atoms with Gasteiger partial charge in [0.1, 0.15) is 17.9 Å². The van der Waals surface area contributed by atoms with Crippen molar-refractivity contribution in [3.05, 3.63) is 22.5 Å². The van der Waals surface area contributed by atoms with E-state index in [0.29, 0.717) is 11.8 Å². The van der Waals surface area contributed by atoms with Crippen LogP contribution in [0.3, 0.4) is 0 Å². The molecule has 0 radical (unpaired) electrons. The van der Waals surface area contributed by atoms with Crippen molar-refractivity contribution in [3.63, 3.8) is 0 Å². The molecule has 0 atom stereocenters. The minimum absolute atomic E-state index is 0.100. The molecular weight excluding hydrogens is 272 g/mol. The topological polar surface area (TPSA) is 90.1 Å². The summed E-state index contributed by atoms with van der Waals surface area (Å²) >= 11 is 0. The van der Waals surface area contributed by atoms with Crippen molar-refractivity contribution in [2.45, 2.75) is 51.1 Å². The highest BCUT2D eigenvalue weighted by Gasteiger charge is 2.44. The first-order valence-electron chi connectivity index (χ1n) is 7.40. The maximum atomic E-state index is 12.6. The van der Waals surface area contributed by atoms with Crippen molar-refractivity contribution in [1.82, 2.24) is 15.1 Å². The Labute approximate surface area is 122 Å². The highest BCUT2D eigenvalue weighted by molar-refractivity contribution is 5.84. The third-order valence-electron chi connectivity index (χ3n) is 4.47. The lowest BCUT2D eigenvalue weighted by Gasteiger charge is -2.27. The van der Waals surface area contributed by atoms with Gasteiger partial charge in [-0.3, -0.25) is 19.6 Å². The molecule has 114 valence electrons. The first-order valence-corrected chi connectivity index (χ1v) is 7.40. The Kier molecular flexibility index (Phi) is 3.22. The average Bonchev–Trinajstić information content (AvgIpc) is 3.34. The number of hydrogen-bond donors (Lipinski definition) is 1. The van der Waals surface area contributed by atoms with Crippen LogP contribution in [0.5, 0.6) is 0 Å². The largest absolute Gasteiger partial charge is 0.351 e. The molecule has 7 nitrogen and oxygen atoms in total. The van der Waals surface area contributed by atoms with Crippen LogP contribution in [0.4, 0.5) is 5.69 Å². The van der Waals surface area contributed by atoms with Gasteiger partial charge >= 0.3 is 5.69 Å². The molecule has 1 amide bonds. The molecule has 0 bridgehead atoms. The van der Waals surface area contributed by atoms with Crippen LogP contribution in [-0.2, 0) is 10.3 Å². The molecule has 1 heterocycles. The van der Waals surface area contributed by atoms with Gasteiger partial charge in [-0.15, -0.1) is 0 Å². The van der Waals surface area contributed by atoms with Crippen molar-refractivity contribution < 1.29 is 9.72 Å². The molecule has 1 aromatic rings. The van der Waals surface area contributed by atoms with Gasteiger partial charge in [0.05, 0.1) is 4.92 Å². The number of nitrogens with one attached hydrogen (secondary N) is 1. The van der Waals surface area contributed by atoms with Gasteiger partial charge in [0, 0.05) is 6.04 Å². The summed E-state index contributed by atoms with van der Waals surface area (Å²) in [5.41, 5.74) is -1.03. The molecule has 7 heteroatoms. The summed E-state index contributed by atoms with van der Waals surface area (Å²) in [6.07, 6.45) is 7.24. The summed E-state index contributed by atoms with van der Waals surface area (Å²) in [6, 6.07) is 0.266. The van der Waals surface area contributed by atoms with Crippen LogP contribution < -0.4 is 5.32 Å². The molecular formula is C14H20N4O3. The van der Waals surface area contributed by atoms with Crippen LogP contribution in [0.25, 0.3) is 0 Å². The van der Waals surface area contributed by atoms with Gasteiger partial charge in [0.2, 0.25) is 5.91 Å². The van der Waals surface area contributed by atoms with Gasteiger partial charge in [-0.05, 0) is 51.4 Å². The molecule has 2 saturated carbocycles. The summed E-state index contributed by atoms with van der Waals surface area (Å²) in [5.74, 6) is 1.11. The fraction of sp³-hybridized carbons (Fsp3) is 0.714. The third kappa shape index (κ3) is 2.77. The molecule has 0 aliphatic heterocycles. The lowest BCUT2D eigenvalue weighted by molar-refractivity contribution is -0.385. The standard InChI is InChI=1S/C14H20N4O3/c1-14(2,17-8-11(7-15-17)18(20)21)13(19)16-12(9-3-4-9)10-5-6-10/h7-10,12H,3-6H2,1-2H3,(H,16,19). The molecule has 2 aliphatic carbocycles. The lowest BCUT2D eigenvalue weighted by atomic mass is 10.0. The molecule has 0 spiro atoms. The molecule has 3 rings (SSSR count). The highest BCUT2D eigenvalue weighted by atomic mass is 16.6. The number of rotatable bonds is 6. The normalized spacial score (nSPS) is 18.8. The van der Waals surface area contributed by atoms with Gasteiger partial charge in [-0.1, -0.05) is 0 Å². The second kappa shape index (κ2) is 4.82. The minimum atomic E-state index is -0.934. The smallest absolute Gasteiger partial charge is 0.307 e. The number of carbonyl (C=O) groups is 1. The van der Waals surface area contributed by atoms with E-state index in [1.54, 1.807) is 13.8 Å². The van der Waals surface area contributed by atoms with Crippen molar-refractivity contribution in [2.24, 2.45) is 11.8 Å². The maximum Gasteiger partial charge on any atom is 0.307 e. The predicted molar refractivity (Wildman–Crippen MR) is 75.6 cm³/mol. The molecule has 1 aromatic heterocycles. The fourth-order valence-electron chi connectivity index (χ4n) is 2.68. The fourth-order valence-corrected chi connectivity index (χ4v) is 2.68. The van der Waals surface area contributed by atoms with E-state index in [4.69, 9.17) is 0 Å². The van der Waals surface area contributed by atoms with Gasteiger partial charge in [0.15, 0.2) is 0 Å². The molecule has 2 fully saturated rings. The Balaban J connectivity index is 1.72. The van der Waals surface area contributed by atoms with Crippen LogP contribution in [-0.4, -0.2) is 26.7 Å². The average molecular weight is 292 g/mol. The zero-order valence-electron chi connectivity index (χ0n) is 12.3. The van der Waals surface area contributed by atoms with Crippen LogP contribution in [0.15, 0.2) is 12.4 Å². The van der Waals surface area contributed by atoms with Crippen LogP contribution in [0.2, 0.25) is 0 Å². The second-order valence-electron chi connectivity index (χ2n) is 6.63. The van der Waals surface area contributed by atoms with Gasteiger partial charge in [-0.2, -0.15) is 5.10 Å². The van der Waals surface area contributed by atoms with E-state index in [1.165, 1.54) is 42.8 Å². The van der Waals surface area contributed by atoms with E-state index >= 15 is 0 Å². The summed E-state index contributed by atoms with van der Waals surface area (Å²) in [6.45, 7) is 3.46. The molecule has 2 aliphatic rings. The van der Waals surface area contributed by atoms with Crippen LogP contribution in [0.1, 0.15) is 39.5 Å². The number of carbonyl (C=O) groups excluding carboxylic acids is 1. The number of hydrogen-bond acceptors (Lipinski definition) is 4. The molecule has 21 heavy (non-hydrogen) atoms. The van der Waals surface area contributed by atoms with E-state index in [-0.39, 0.29) is 17.6 Å². The summed E-state index contributed by atoms with van der Waals surface area (Å²) in [5, 5.41) is 17.9. The Morgan fingerprint density at radius 2 is 2.00 bits per heavy atom. The number of amides is 1. The Bertz CT molecular complexity index is 561. The molecule has 1 N–H and O–H groups in total. The van der Waals surface area contributed by atoms with E-state index < -0.39 is 10.5 Å². The summed E-state index contributed by atoms with van der Waals surface area (Å²) in [4.78, 5) is 22.8. The zero-order chi connectivity index (χ0) is 15.2. The molecule has 0 aromatic carbocycles. The lowest BCUT2D eigenvalue weighted by Crippen LogP contribution is -2.49. The van der Waals surface area contributed by atoms with Crippen molar-refractivity contribution in [3.8, 4) is 0 Å². The Morgan fingerprint density at radius 3 is 2.43 bits per heavy atom. The quantitative estimate of drug-likeness (QED) is 0.639. The predicted octanol–water partition coefficient (Wildman–Crippen LogP) is 1.83. The first-order chi connectivity index (χ1) is 9.89. The second-order valence-corrected chi connectivity index (χ2v) is 6.63. The van der Waals surface area contributed by atoms with Crippen molar-refractivity contribution in [1.29, 1.82) is 0 Å². The number of nitrogens with zero attached hydrogens (tertiary/aromatic N) is 3. The molecule has 0 unspecified atom stereocenters. The zero-order valence-corrected chi connectivity index (χ0v) is 12.3. The van der Waals surface area contributed by atoms with Crippen molar-refractivity contribution >= 4 is 11.6 Å². The SMILES string of the molecule is CC(C)(C(=O)NC(C1CC1)C1CC1)n1cc([N+](=O)[O-])cn1. The summed E-state index contributed by atoms with van der Waals surface area (Å²) in [7, 11) is 0. The van der Waals surface area contributed by atoms with E-state index in [0.717, 1.165) is 0 Å². The maximum absolute atomic E-state index is 12.6. The molecule has 0 saturated heterocycles. The number of nitro groups is 1. The van der Waals surface area contributed by atoms with Gasteiger partial charge in [0.25, 0.3) is 0 Å². The van der Waals surface area contributed by atoms with Crippen molar-refractivity contribution in [2.75, 3.05) is 0 Å². The minimum Gasteiger partial charge on any atom is -0.351 e. The van der Waals surface area contributed by atoms with E-state index in [2.05, 4.69) is 10.4 Å². The Hall–Kier alpha value is -1.92. The van der Waals surface area contributed by atoms with E-state index in [9.17, 15) is 14.9 Å². The third-order valence-corrected chi connectivity index (χ3v) is 4.47. The number of aromatic nitrogens is 2. The first kappa shape index (κ1) is 14.0. The van der Waals surface area contributed by atoms with Crippen LogP contribution in [0, 0.1) is 22.0 Å². The van der Waals surface area contributed by atoms with Gasteiger partial charge < -0.3 is 5.32 Å². The summed E-state index contributed by atoms with van der Waals surface area (Å²) < 4.78 is 1.37. The van der Waals surface area contributed by atoms with Gasteiger partial charge in [-0.25, -0.2) is 0 Å². The Morgan fingerprint density at radius 1 is 1.43 bits per heavy atom. The highest BCUT2D eigenvalue weighted by Crippen LogP contribution is 2.44.